The molecule has 24 heavy (non-hydrogen) atoms. The smallest absolute Gasteiger partial charge is 0.329 e. The van der Waals surface area contributed by atoms with Crippen LogP contribution in [0.1, 0.15) is 54.4 Å². The lowest BCUT2D eigenvalue weighted by atomic mass is 9.70. The van der Waals surface area contributed by atoms with Gasteiger partial charge in [-0.15, -0.1) is 0 Å². The molecule has 0 N–H and O–H groups in total. The number of esters is 2. The van der Waals surface area contributed by atoms with E-state index in [1.54, 1.807) is 9.80 Å². The summed E-state index contributed by atoms with van der Waals surface area (Å²) in [6.45, 7) is 11.0. The van der Waals surface area contributed by atoms with Crippen LogP contribution >= 0.6 is 0 Å². The SMILES string of the molecule is CCC(C(=O)OC(C)C)(N(C)C)C(CC)(C(=O)OC(C)C)N(C)C. The first-order valence-corrected chi connectivity index (χ1v) is 8.70. The summed E-state index contributed by atoms with van der Waals surface area (Å²) < 4.78 is 11.1. The van der Waals surface area contributed by atoms with Gasteiger partial charge in [0.1, 0.15) is 11.1 Å². The minimum atomic E-state index is -1.15. The van der Waals surface area contributed by atoms with E-state index in [1.165, 1.54) is 0 Å². The van der Waals surface area contributed by atoms with Gasteiger partial charge in [-0.3, -0.25) is 9.80 Å². The van der Waals surface area contributed by atoms with Crippen molar-refractivity contribution < 1.29 is 19.1 Å². The molecular weight excluding hydrogens is 308 g/mol. The summed E-state index contributed by atoms with van der Waals surface area (Å²) in [4.78, 5) is 29.9. The second-order valence-corrected chi connectivity index (χ2v) is 7.12. The Bertz CT molecular complexity index is 395. The Morgan fingerprint density at radius 1 is 0.750 bits per heavy atom. The summed E-state index contributed by atoms with van der Waals surface area (Å²) in [5.41, 5.74) is -2.30. The normalized spacial score (nSPS) is 17.1. The van der Waals surface area contributed by atoms with Gasteiger partial charge in [0.2, 0.25) is 0 Å². The summed E-state index contributed by atoms with van der Waals surface area (Å²) >= 11 is 0. The van der Waals surface area contributed by atoms with Crippen LogP contribution < -0.4 is 0 Å². The van der Waals surface area contributed by atoms with Crippen LogP contribution in [0.25, 0.3) is 0 Å². The van der Waals surface area contributed by atoms with Gasteiger partial charge in [-0.25, -0.2) is 9.59 Å². The number of hydrogen-bond acceptors (Lipinski definition) is 6. The fourth-order valence-electron chi connectivity index (χ4n) is 3.57. The minimum Gasteiger partial charge on any atom is -0.462 e. The van der Waals surface area contributed by atoms with Crippen LogP contribution in [0.5, 0.6) is 0 Å². The molecule has 0 rings (SSSR count). The van der Waals surface area contributed by atoms with Crippen molar-refractivity contribution in [2.45, 2.75) is 77.7 Å². The van der Waals surface area contributed by atoms with E-state index >= 15 is 0 Å². The van der Waals surface area contributed by atoms with Gasteiger partial charge in [0, 0.05) is 0 Å². The molecule has 2 atom stereocenters. The first-order chi connectivity index (χ1) is 10.9. The Balaban J connectivity index is 6.49. The van der Waals surface area contributed by atoms with E-state index in [0.29, 0.717) is 12.8 Å². The molecule has 0 aromatic carbocycles. The van der Waals surface area contributed by atoms with Crippen LogP contribution in [0.3, 0.4) is 0 Å². The molecule has 0 fully saturated rings. The fraction of sp³-hybridized carbons (Fsp3) is 0.889. The van der Waals surface area contributed by atoms with Crippen LogP contribution in [0.2, 0.25) is 0 Å². The Hall–Kier alpha value is -1.14. The van der Waals surface area contributed by atoms with Crippen molar-refractivity contribution in [1.82, 2.24) is 9.80 Å². The molecule has 0 radical (unpaired) electrons. The molecule has 0 aliphatic rings. The van der Waals surface area contributed by atoms with E-state index in [-0.39, 0.29) is 12.2 Å². The fourth-order valence-corrected chi connectivity index (χ4v) is 3.57. The highest BCUT2D eigenvalue weighted by Gasteiger charge is 2.64. The number of carbonyl (C=O) groups excluding carboxylic acids is 2. The third-order valence-corrected chi connectivity index (χ3v) is 4.60. The molecule has 0 aromatic heterocycles. The zero-order valence-electron chi connectivity index (χ0n) is 17.1. The van der Waals surface area contributed by atoms with Gasteiger partial charge in [0.15, 0.2) is 0 Å². The van der Waals surface area contributed by atoms with Gasteiger partial charge in [-0.1, -0.05) is 13.8 Å². The second-order valence-electron chi connectivity index (χ2n) is 7.12. The Morgan fingerprint density at radius 3 is 1.12 bits per heavy atom. The maximum atomic E-state index is 13.2. The summed E-state index contributed by atoms with van der Waals surface area (Å²) in [5, 5.41) is 0. The summed E-state index contributed by atoms with van der Waals surface area (Å²) in [6, 6.07) is 0. The molecule has 0 saturated carbocycles. The van der Waals surface area contributed by atoms with Gasteiger partial charge >= 0.3 is 11.9 Å². The maximum absolute atomic E-state index is 13.2. The first kappa shape index (κ1) is 22.9. The van der Waals surface area contributed by atoms with Crippen molar-refractivity contribution in [2.75, 3.05) is 28.2 Å². The molecule has 6 heteroatoms. The number of carbonyl (C=O) groups is 2. The van der Waals surface area contributed by atoms with Crippen molar-refractivity contribution in [3.63, 3.8) is 0 Å². The van der Waals surface area contributed by atoms with E-state index in [4.69, 9.17) is 9.47 Å². The molecule has 0 aromatic rings. The topological polar surface area (TPSA) is 59.1 Å². The molecule has 0 aliphatic heterocycles. The zero-order chi connectivity index (χ0) is 19.3. The highest BCUT2D eigenvalue weighted by atomic mass is 16.6. The number of hydrogen-bond donors (Lipinski definition) is 0. The Kier molecular flexibility index (Phi) is 8.39. The second kappa shape index (κ2) is 8.81. The summed E-state index contributed by atoms with van der Waals surface area (Å²) in [6.07, 6.45) is 0.317. The van der Waals surface area contributed by atoms with Gasteiger partial charge in [0.25, 0.3) is 0 Å². The number of rotatable bonds is 9. The third-order valence-electron chi connectivity index (χ3n) is 4.60. The Labute approximate surface area is 147 Å². The predicted molar refractivity (Wildman–Crippen MR) is 95.9 cm³/mol. The van der Waals surface area contributed by atoms with E-state index in [0.717, 1.165) is 0 Å². The van der Waals surface area contributed by atoms with E-state index in [2.05, 4.69) is 0 Å². The molecule has 0 bridgehead atoms. The standard InChI is InChI=1S/C18H36N2O4/c1-11-17(19(7)8,15(21)23-13(3)4)18(12-2,20(9)10)16(22)24-14(5)6/h13-14H,11-12H2,1-10H3. The molecule has 0 amide bonds. The van der Waals surface area contributed by atoms with Crippen molar-refractivity contribution in [3.05, 3.63) is 0 Å². The van der Waals surface area contributed by atoms with Crippen LogP contribution in [0.15, 0.2) is 0 Å². The lowest BCUT2D eigenvalue weighted by molar-refractivity contribution is -0.190. The number of likely N-dealkylation sites (N-methyl/N-ethyl adjacent to an activating group) is 2. The average molecular weight is 344 g/mol. The molecule has 2 unspecified atom stereocenters. The van der Waals surface area contributed by atoms with Crippen LogP contribution in [-0.2, 0) is 19.1 Å². The van der Waals surface area contributed by atoms with Gasteiger partial charge < -0.3 is 9.47 Å². The summed E-state index contributed by atoms with van der Waals surface area (Å²) in [7, 11) is 7.23. The van der Waals surface area contributed by atoms with Gasteiger partial charge in [0.05, 0.1) is 12.2 Å². The van der Waals surface area contributed by atoms with Crippen molar-refractivity contribution in [2.24, 2.45) is 0 Å². The summed E-state index contributed by atoms with van der Waals surface area (Å²) in [5.74, 6) is -0.803. The van der Waals surface area contributed by atoms with Crippen molar-refractivity contribution >= 4 is 11.9 Å². The minimum absolute atomic E-state index is 0.263. The molecule has 0 spiro atoms. The Morgan fingerprint density at radius 2 is 1.00 bits per heavy atom. The number of nitrogens with zero attached hydrogens (tertiary/aromatic N) is 2. The molecule has 142 valence electrons. The lowest BCUT2D eigenvalue weighted by Gasteiger charge is -2.53. The molecule has 0 aliphatic carbocycles. The monoisotopic (exact) mass is 344 g/mol. The molecular formula is C18H36N2O4. The van der Waals surface area contributed by atoms with E-state index in [9.17, 15) is 9.59 Å². The largest absolute Gasteiger partial charge is 0.462 e. The van der Waals surface area contributed by atoms with Gasteiger partial charge in [-0.05, 0) is 68.7 Å². The van der Waals surface area contributed by atoms with Gasteiger partial charge in [-0.2, -0.15) is 0 Å². The van der Waals surface area contributed by atoms with Crippen molar-refractivity contribution in [3.8, 4) is 0 Å². The van der Waals surface area contributed by atoms with E-state index in [1.807, 2.05) is 69.7 Å². The molecule has 0 saturated heterocycles. The maximum Gasteiger partial charge on any atom is 0.329 e. The average Bonchev–Trinajstić information content (AvgIpc) is 2.41. The zero-order valence-corrected chi connectivity index (χ0v) is 17.1. The van der Waals surface area contributed by atoms with Crippen molar-refractivity contribution in [1.29, 1.82) is 0 Å². The predicted octanol–water partition coefficient (Wildman–Crippen LogP) is 2.31. The lowest BCUT2D eigenvalue weighted by Crippen LogP contribution is -2.75. The van der Waals surface area contributed by atoms with E-state index < -0.39 is 23.0 Å². The first-order valence-electron chi connectivity index (χ1n) is 8.70. The molecule has 6 nitrogen and oxygen atoms in total. The highest BCUT2D eigenvalue weighted by Crippen LogP contribution is 2.40. The third kappa shape index (κ3) is 3.91. The highest BCUT2D eigenvalue weighted by molar-refractivity contribution is 5.95. The number of ether oxygens (including phenoxy) is 2. The molecule has 0 heterocycles. The van der Waals surface area contributed by atoms with Crippen LogP contribution in [0.4, 0.5) is 0 Å². The van der Waals surface area contributed by atoms with Crippen LogP contribution in [-0.4, -0.2) is 73.2 Å². The quantitative estimate of drug-likeness (QED) is 0.598. The van der Waals surface area contributed by atoms with Crippen LogP contribution in [0, 0.1) is 0 Å².